The standard InChI is InChI=1S/C22H18N4O5S2/c1-11-5-6-12-14(9-11)22(32)33-19(15(12)10-23)24-17(27)7-8-25-20(28)13-3-2-4-16(26(30)31)18(13)21(25)29/h2-4,11H,5-9H2,1H3,(H,24,27). The van der Waals surface area contributed by atoms with Crippen LogP contribution in [0.25, 0.3) is 0 Å². The van der Waals surface area contributed by atoms with Crippen LogP contribution in [0.1, 0.15) is 57.2 Å². The van der Waals surface area contributed by atoms with Gasteiger partial charge in [-0.1, -0.05) is 25.2 Å². The molecule has 0 saturated carbocycles. The molecule has 1 N–H and O–H groups in total. The average Bonchev–Trinajstić information content (AvgIpc) is 3.02. The van der Waals surface area contributed by atoms with Crippen molar-refractivity contribution in [2.24, 2.45) is 5.92 Å². The lowest BCUT2D eigenvalue weighted by atomic mass is 9.85. The van der Waals surface area contributed by atoms with Crippen LogP contribution in [-0.2, 0) is 17.6 Å². The van der Waals surface area contributed by atoms with Gasteiger partial charge in [0.25, 0.3) is 17.5 Å². The van der Waals surface area contributed by atoms with Crippen LogP contribution < -0.4 is 5.32 Å². The van der Waals surface area contributed by atoms with Gasteiger partial charge >= 0.3 is 0 Å². The lowest BCUT2D eigenvalue weighted by Crippen LogP contribution is -2.33. The Labute approximate surface area is 197 Å². The highest BCUT2D eigenvalue weighted by molar-refractivity contribution is 7.73. The average molecular weight is 483 g/mol. The van der Waals surface area contributed by atoms with Crippen LogP contribution in [0.4, 0.5) is 10.7 Å². The van der Waals surface area contributed by atoms with Crippen LogP contribution in [-0.4, -0.2) is 34.1 Å². The SMILES string of the molecule is CC1CCc2c(C#N)c(NC(=O)CCN3C(=O)c4cccc([N+](=O)[O-])c4C3=O)sc(=S)c2C1. The molecule has 168 valence electrons. The number of fused-ring (bicyclic) bond motifs is 2. The van der Waals surface area contributed by atoms with E-state index in [1.54, 1.807) is 0 Å². The van der Waals surface area contributed by atoms with Crippen molar-refractivity contribution < 1.29 is 19.3 Å². The van der Waals surface area contributed by atoms with Crippen molar-refractivity contribution in [3.05, 3.63) is 60.0 Å². The second kappa shape index (κ2) is 8.80. The molecule has 0 bridgehead atoms. The Hall–Kier alpha value is -3.49. The van der Waals surface area contributed by atoms with E-state index in [0.717, 1.165) is 34.9 Å². The highest BCUT2D eigenvalue weighted by Crippen LogP contribution is 2.36. The van der Waals surface area contributed by atoms with E-state index in [4.69, 9.17) is 12.2 Å². The Morgan fingerprint density at radius 3 is 2.82 bits per heavy atom. The summed E-state index contributed by atoms with van der Waals surface area (Å²) in [7, 11) is 0. The third-order valence-electron chi connectivity index (χ3n) is 5.87. The van der Waals surface area contributed by atoms with Gasteiger partial charge in [-0.15, -0.1) is 11.3 Å². The molecule has 1 atom stereocenters. The number of carbonyl (C=O) groups is 3. The molecule has 3 amide bonds. The zero-order valence-electron chi connectivity index (χ0n) is 17.5. The minimum Gasteiger partial charge on any atom is -0.317 e. The Bertz CT molecular complexity index is 1330. The lowest BCUT2D eigenvalue weighted by Gasteiger charge is -2.23. The van der Waals surface area contributed by atoms with Gasteiger partial charge in [0.05, 0.1) is 19.9 Å². The molecule has 0 fully saturated rings. The number of benzene rings is 1. The van der Waals surface area contributed by atoms with E-state index >= 15 is 0 Å². The Morgan fingerprint density at radius 1 is 1.36 bits per heavy atom. The molecule has 1 aliphatic heterocycles. The van der Waals surface area contributed by atoms with Gasteiger partial charge in [0.2, 0.25) is 5.91 Å². The minimum absolute atomic E-state index is 0.0525. The minimum atomic E-state index is -0.800. The van der Waals surface area contributed by atoms with Crippen molar-refractivity contribution in [2.45, 2.75) is 32.6 Å². The van der Waals surface area contributed by atoms with Gasteiger partial charge in [-0.3, -0.25) is 29.4 Å². The summed E-state index contributed by atoms with van der Waals surface area (Å²) in [5, 5.41) is 24.0. The summed E-state index contributed by atoms with van der Waals surface area (Å²) in [4.78, 5) is 49.2. The van der Waals surface area contributed by atoms with Crippen LogP contribution in [0, 0.1) is 31.2 Å². The number of imide groups is 1. The van der Waals surface area contributed by atoms with E-state index in [1.807, 2.05) is 0 Å². The molecule has 1 aromatic carbocycles. The van der Waals surface area contributed by atoms with Crippen molar-refractivity contribution >= 4 is 52.0 Å². The van der Waals surface area contributed by atoms with Gasteiger partial charge < -0.3 is 5.32 Å². The summed E-state index contributed by atoms with van der Waals surface area (Å²) >= 11 is 6.67. The first kappa shape index (κ1) is 22.7. The molecule has 0 saturated heterocycles. The highest BCUT2D eigenvalue weighted by atomic mass is 32.1. The van der Waals surface area contributed by atoms with Crippen LogP contribution in [0.2, 0.25) is 0 Å². The largest absolute Gasteiger partial charge is 0.317 e. The van der Waals surface area contributed by atoms with Gasteiger partial charge in [0.15, 0.2) is 0 Å². The number of anilines is 1. The molecule has 11 heteroatoms. The number of carbonyl (C=O) groups excluding carboxylic acids is 3. The number of hydrogen-bond acceptors (Lipinski definition) is 8. The van der Waals surface area contributed by atoms with Crippen molar-refractivity contribution in [1.29, 1.82) is 5.26 Å². The summed E-state index contributed by atoms with van der Waals surface area (Å²) in [5.41, 5.74) is 1.52. The zero-order valence-corrected chi connectivity index (χ0v) is 19.2. The summed E-state index contributed by atoms with van der Waals surface area (Å²) in [6.07, 6.45) is 2.23. The molecule has 2 heterocycles. The Morgan fingerprint density at radius 2 is 2.12 bits per heavy atom. The zero-order chi connectivity index (χ0) is 23.9. The second-order valence-electron chi connectivity index (χ2n) is 8.03. The van der Waals surface area contributed by atoms with E-state index in [9.17, 15) is 29.8 Å². The van der Waals surface area contributed by atoms with E-state index in [-0.39, 0.29) is 24.1 Å². The number of nitrogens with zero attached hydrogens (tertiary/aromatic N) is 3. The summed E-state index contributed by atoms with van der Waals surface area (Å²) in [6, 6.07) is 6.03. The predicted octanol–water partition coefficient (Wildman–Crippen LogP) is 4.01. The fourth-order valence-corrected chi connectivity index (χ4v) is 5.63. The third kappa shape index (κ3) is 4.03. The van der Waals surface area contributed by atoms with E-state index in [1.165, 1.54) is 23.5 Å². The van der Waals surface area contributed by atoms with Crippen molar-refractivity contribution in [3.8, 4) is 6.07 Å². The molecule has 0 radical (unpaired) electrons. The van der Waals surface area contributed by atoms with Gasteiger partial charge in [0.1, 0.15) is 16.6 Å². The number of amides is 3. The van der Waals surface area contributed by atoms with Crippen molar-refractivity contribution in [1.82, 2.24) is 4.90 Å². The summed E-state index contributed by atoms with van der Waals surface area (Å²) < 4.78 is 0.638. The second-order valence-corrected chi connectivity index (χ2v) is 9.71. The first-order valence-corrected chi connectivity index (χ1v) is 11.5. The molecule has 1 unspecified atom stereocenters. The maximum Gasteiger partial charge on any atom is 0.282 e. The molecule has 4 rings (SSSR count). The normalized spacial score (nSPS) is 16.7. The maximum absolute atomic E-state index is 12.6. The highest BCUT2D eigenvalue weighted by Gasteiger charge is 2.40. The molecule has 1 aliphatic carbocycles. The Kier molecular flexibility index (Phi) is 6.05. The molecular weight excluding hydrogens is 464 g/mol. The number of nitro benzene ring substituents is 1. The monoisotopic (exact) mass is 482 g/mol. The summed E-state index contributed by atoms with van der Waals surface area (Å²) in [6.45, 7) is 1.89. The molecule has 2 aliphatic rings. The molecule has 2 aromatic rings. The van der Waals surface area contributed by atoms with Gasteiger partial charge in [0, 0.05) is 19.0 Å². The van der Waals surface area contributed by atoms with Crippen LogP contribution in [0.3, 0.4) is 0 Å². The fraction of sp³-hybridized carbons (Fsp3) is 0.318. The molecule has 9 nitrogen and oxygen atoms in total. The van der Waals surface area contributed by atoms with Gasteiger partial charge in [-0.25, -0.2) is 0 Å². The van der Waals surface area contributed by atoms with Crippen LogP contribution in [0.5, 0.6) is 0 Å². The smallest absolute Gasteiger partial charge is 0.282 e. The van der Waals surface area contributed by atoms with E-state index in [0.29, 0.717) is 26.7 Å². The predicted molar refractivity (Wildman–Crippen MR) is 123 cm³/mol. The van der Waals surface area contributed by atoms with Crippen molar-refractivity contribution in [3.63, 3.8) is 0 Å². The topological polar surface area (TPSA) is 133 Å². The molecule has 1 aromatic heterocycles. The van der Waals surface area contributed by atoms with Crippen LogP contribution >= 0.6 is 23.6 Å². The maximum atomic E-state index is 12.6. The van der Waals surface area contributed by atoms with Crippen LogP contribution in [0.15, 0.2) is 18.2 Å². The van der Waals surface area contributed by atoms with Gasteiger partial charge in [-0.05, 0) is 42.4 Å². The van der Waals surface area contributed by atoms with E-state index in [2.05, 4.69) is 18.3 Å². The molecular formula is C22H18N4O5S2. The number of hydrogen-bond donors (Lipinski definition) is 1. The lowest BCUT2D eigenvalue weighted by molar-refractivity contribution is -0.385. The third-order valence-corrected chi connectivity index (χ3v) is 7.31. The number of nitro groups is 1. The van der Waals surface area contributed by atoms with Gasteiger partial charge in [-0.2, -0.15) is 5.26 Å². The van der Waals surface area contributed by atoms with E-state index < -0.39 is 28.3 Å². The quantitative estimate of drug-likeness (QED) is 0.295. The summed E-state index contributed by atoms with van der Waals surface area (Å²) in [5.74, 6) is -1.49. The fourth-order valence-electron chi connectivity index (χ4n) is 4.22. The first-order valence-electron chi connectivity index (χ1n) is 10.2. The number of nitrogens with one attached hydrogen (secondary N) is 1. The Balaban J connectivity index is 1.51. The molecule has 0 spiro atoms. The van der Waals surface area contributed by atoms with Crippen molar-refractivity contribution in [2.75, 3.05) is 11.9 Å². The first-order chi connectivity index (χ1) is 15.7. The molecule has 33 heavy (non-hydrogen) atoms. The number of nitriles is 1. The number of rotatable bonds is 5.